The molecule has 0 aliphatic heterocycles. The Balaban J connectivity index is 1.71. The lowest BCUT2D eigenvalue weighted by Gasteiger charge is -2.09. The van der Waals surface area contributed by atoms with E-state index >= 15 is 0 Å². The molecule has 0 spiro atoms. The predicted molar refractivity (Wildman–Crippen MR) is 85.4 cm³/mol. The molecule has 0 fully saturated rings. The fourth-order valence-corrected chi connectivity index (χ4v) is 1.92. The van der Waals surface area contributed by atoms with Gasteiger partial charge in [0.25, 0.3) is 0 Å². The van der Waals surface area contributed by atoms with Gasteiger partial charge in [-0.25, -0.2) is 9.18 Å². The molecule has 0 aliphatic carbocycles. The van der Waals surface area contributed by atoms with E-state index in [-0.39, 0.29) is 5.02 Å². The molecular formula is C15H13Cl2FN2O2. The topological polar surface area (TPSA) is 50.4 Å². The molecule has 0 aromatic heterocycles. The Bertz CT molecular complexity index is 650. The maximum absolute atomic E-state index is 13.0. The molecule has 0 atom stereocenters. The summed E-state index contributed by atoms with van der Waals surface area (Å²) < 4.78 is 18.4. The standard InChI is InChI=1S/C15H13Cl2FN2O2/c16-10-1-4-12(5-2-10)22-8-7-19-15(21)20-11-3-6-14(18)13(17)9-11/h1-6,9H,7-8H2,(H2,19,20,21). The van der Waals surface area contributed by atoms with Gasteiger partial charge in [-0.3, -0.25) is 0 Å². The van der Waals surface area contributed by atoms with Crippen LogP contribution in [0.15, 0.2) is 42.5 Å². The van der Waals surface area contributed by atoms with Gasteiger partial charge in [-0.1, -0.05) is 23.2 Å². The number of urea groups is 1. The third-order valence-electron chi connectivity index (χ3n) is 2.65. The van der Waals surface area contributed by atoms with E-state index < -0.39 is 11.8 Å². The molecule has 0 radical (unpaired) electrons. The molecule has 0 bridgehead atoms. The summed E-state index contributed by atoms with van der Waals surface area (Å²) in [6.07, 6.45) is 0. The lowest BCUT2D eigenvalue weighted by molar-refractivity contribution is 0.247. The Morgan fingerprint density at radius 2 is 1.86 bits per heavy atom. The number of hydrogen-bond acceptors (Lipinski definition) is 2. The van der Waals surface area contributed by atoms with Crippen molar-refractivity contribution in [1.82, 2.24) is 5.32 Å². The Kier molecular flexibility index (Phi) is 5.86. The van der Waals surface area contributed by atoms with Crippen molar-refractivity contribution < 1.29 is 13.9 Å². The normalized spacial score (nSPS) is 10.1. The van der Waals surface area contributed by atoms with Crippen LogP contribution < -0.4 is 15.4 Å². The van der Waals surface area contributed by atoms with Crippen LogP contribution >= 0.6 is 23.2 Å². The van der Waals surface area contributed by atoms with Gasteiger partial charge in [0.05, 0.1) is 11.6 Å². The van der Waals surface area contributed by atoms with E-state index in [0.29, 0.717) is 29.6 Å². The van der Waals surface area contributed by atoms with Crippen molar-refractivity contribution in [3.63, 3.8) is 0 Å². The monoisotopic (exact) mass is 342 g/mol. The maximum atomic E-state index is 13.0. The molecule has 2 N–H and O–H groups in total. The fourth-order valence-electron chi connectivity index (χ4n) is 1.61. The highest BCUT2D eigenvalue weighted by Crippen LogP contribution is 2.19. The average Bonchev–Trinajstić information content (AvgIpc) is 2.49. The van der Waals surface area contributed by atoms with Crippen LogP contribution in [0.2, 0.25) is 10.0 Å². The van der Waals surface area contributed by atoms with Crippen LogP contribution in [0.1, 0.15) is 0 Å². The summed E-state index contributed by atoms with van der Waals surface area (Å²) in [6, 6.07) is 10.4. The average molecular weight is 343 g/mol. The zero-order valence-electron chi connectivity index (χ0n) is 11.4. The highest BCUT2D eigenvalue weighted by Gasteiger charge is 2.04. The number of amides is 2. The lowest BCUT2D eigenvalue weighted by atomic mass is 10.3. The number of halogens is 3. The van der Waals surface area contributed by atoms with Crippen molar-refractivity contribution in [2.75, 3.05) is 18.5 Å². The summed E-state index contributed by atoms with van der Waals surface area (Å²) in [5.74, 6) is 0.126. The van der Waals surface area contributed by atoms with Gasteiger partial charge >= 0.3 is 6.03 Å². The number of carbonyl (C=O) groups excluding carboxylic acids is 1. The number of carbonyl (C=O) groups is 1. The molecule has 4 nitrogen and oxygen atoms in total. The first-order valence-corrected chi connectivity index (χ1v) is 7.18. The molecule has 2 amide bonds. The Morgan fingerprint density at radius 1 is 1.14 bits per heavy atom. The van der Waals surface area contributed by atoms with E-state index in [1.807, 2.05) is 0 Å². The quantitative estimate of drug-likeness (QED) is 0.794. The van der Waals surface area contributed by atoms with Crippen molar-refractivity contribution in [2.45, 2.75) is 0 Å². The highest BCUT2D eigenvalue weighted by molar-refractivity contribution is 6.31. The van der Waals surface area contributed by atoms with E-state index in [1.54, 1.807) is 24.3 Å². The first kappa shape index (κ1) is 16.4. The van der Waals surface area contributed by atoms with E-state index in [4.69, 9.17) is 27.9 Å². The number of rotatable bonds is 5. The predicted octanol–water partition coefficient (Wildman–Crippen LogP) is 4.33. The molecular weight excluding hydrogens is 330 g/mol. The molecule has 0 unspecified atom stereocenters. The van der Waals surface area contributed by atoms with E-state index in [2.05, 4.69) is 10.6 Å². The first-order valence-electron chi connectivity index (χ1n) is 6.43. The van der Waals surface area contributed by atoms with Gasteiger partial charge in [0.2, 0.25) is 0 Å². The van der Waals surface area contributed by atoms with E-state index in [9.17, 15) is 9.18 Å². The SMILES string of the molecule is O=C(NCCOc1ccc(Cl)cc1)Nc1ccc(F)c(Cl)c1. The van der Waals surface area contributed by atoms with Crippen LogP contribution in [0.4, 0.5) is 14.9 Å². The van der Waals surface area contributed by atoms with Crippen LogP contribution in [0, 0.1) is 5.82 Å². The number of benzene rings is 2. The Labute approximate surface area is 137 Å². The van der Waals surface area contributed by atoms with E-state index in [1.165, 1.54) is 18.2 Å². The van der Waals surface area contributed by atoms with Gasteiger partial charge in [0.1, 0.15) is 18.2 Å². The van der Waals surface area contributed by atoms with Gasteiger partial charge in [0.15, 0.2) is 0 Å². The molecule has 0 saturated carbocycles. The molecule has 2 aromatic carbocycles. The minimum Gasteiger partial charge on any atom is -0.492 e. The summed E-state index contributed by atoms with van der Waals surface area (Å²) >= 11 is 11.4. The third-order valence-corrected chi connectivity index (χ3v) is 3.19. The van der Waals surface area contributed by atoms with Crippen molar-refractivity contribution in [3.8, 4) is 5.75 Å². The second-order valence-electron chi connectivity index (χ2n) is 4.31. The number of nitrogens with one attached hydrogen (secondary N) is 2. The van der Waals surface area contributed by atoms with Gasteiger partial charge in [-0.2, -0.15) is 0 Å². The third kappa shape index (κ3) is 5.09. The number of anilines is 1. The molecule has 0 heterocycles. The Hall–Kier alpha value is -1.98. The number of hydrogen-bond donors (Lipinski definition) is 2. The van der Waals surface area contributed by atoms with Crippen molar-refractivity contribution >= 4 is 34.9 Å². The smallest absolute Gasteiger partial charge is 0.319 e. The molecule has 2 aromatic rings. The zero-order valence-corrected chi connectivity index (χ0v) is 12.9. The van der Waals surface area contributed by atoms with Gasteiger partial charge in [-0.15, -0.1) is 0 Å². The second kappa shape index (κ2) is 7.87. The summed E-state index contributed by atoms with van der Waals surface area (Å²) in [7, 11) is 0. The lowest BCUT2D eigenvalue weighted by Crippen LogP contribution is -2.32. The largest absolute Gasteiger partial charge is 0.492 e. The molecule has 0 saturated heterocycles. The minimum absolute atomic E-state index is 0.0520. The Morgan fingerprint density at radius 3 is 2.55 bits per heavy atom. The second-order valence-corrected chi connectivity index (χ2v) is 5.16. The van der Waals surface area contributed by atoms with Crippen molar-refractivity contribution in [2.24, 2.45) is 0 Å². The summed E-state index contributed by atoms with van der Waals surface area (Å²) in [5.41, 5.74) is 0.405. The van der Waals surface area contributed by atoms with Crippen LogP contribution in [-0.2, 0) is 0 Å². The van der Waals surface area contributed by atoms with Gasteiger partial charge in [0, 0.05) is 10.7 Å². The zero-order chi connectivity index (χ0) is 15.9. The summed E-state index contributed by atoms with van der Waals surface area (Å²) in [5, 5.41) is 5.73. The molecule has 2 rings (SSSR count). The number of ether oxygens (including phenoxy) is 1. The van der Waals surface area contributed by atoms with Crippen molar-refractivity contribution in [1.29, 1.82) is 0 Å². The maximum Gasteiger partial charge on any atom is 0.319 e. The molecule has 116 valence electrons. The van der Waals surface area contributed by atoms with Crippen LogP contribution in [0.3, 0.4) is 0 Å². The molecule has 0 aliphatic rings. The van der Waals surface area contributed by atoms with Gasteiger partial charge < -0.3 is 15.4 Å². The summed E-state index contributed by atoms with van der Waals surface area (Å²) in [4.78, 5) is 11.6. The van der Waals surface area contributed by atoms with Crippen LogP contribution in [-0.4, -0.2) is 19.2 Å². The van der Waals surface area contributed by atoms with Gasteiger partial charge in [-0.05, 0) is 42.5 Å². The van der Waals surface area contributed by atoms with Crippen molar-refractivity contribution in [3.05, 3.63) is 58.3 Å². The molecule has 7 heteroatoms. The van der Waals surface area contributed by atoms with Crippen LogP contribution in [0.5, 0.6) is 5.75 Å². The first-order chi connectivity index (χ1) is 10.5. The summed E-state index contributed by atoms with van der Waals surface area (Å²) in [6.45, 7) is 0.614. The van der Waals surface area contributed by atoms with Crippen LogP contribution in [0.25, 0.3) is 0 Å². The highest BCUT2D eigenvalue weighted by atomic mass is 35.5. The fraction of sp³-hybridized carbons (Fsp3) is 0.133. The minimum atomic E-state index is -0.538. The molecule has 22 heavy (non-hydrogen) atoms. The van der Waals surface area contributed by atoms with E-state index in [0.717, 1.165) is 0 Å².